The largest absolute Gasteiger partial charge is 0.370 e. The molecule has 0 amide bonds. The lowest BCUT2D eigenvalue weighted by atomic mass is 10.1. The highest BCUT2D eigenvalue weighted by molar-refractivity contribution is 5.74. The van der Waals surface area contributed by atoms with Gasteiger partial charge < -0.3 is 10.6 Å². The summed E-state index contributed by atoms with van der Waals surface area (Å²) in [5.74, 6) is 0.240. The Morgan fingerprint density at radius 1 is 1.14 bits per heavy atom. The predicted molar refractivity (Wildman–Crippen MR) is 57.3 cm³/mol. The van der Waals surface area contributed by atoms with Crippen LogP contribution in [0.4, 0.5) is 0 Å². The molecule has 2 saturated heterocycles. The van der Waals surface area contributed by atoms with Crippen molar-refractivity contribution in [3.05, 3.63) is 0 Å². The van der Waals surface area contributed by atoms with Crippen molar-refractivity contribution in [1.82, 2.24) is 9.80 Å². The Hall–Kier alpha value is -0.770. The van der Waals surface area contributed by atoms with E-state index in [9.17, 15) is 0 Å². The second-order valence-electron chi connectivity index (χ2n) is 4.37. The highest BCUT2D eigenvalue weighted by Crippen LogP contribution is 2.19. The molecule has 2 aliphatic heterocycles. The number of likely N-dealkylation sites (tertiary alicyclic amines) is 2. The van der Waals surface area contributed by atoms with Crippen molar-refractivity contribution < 1.29 is 0 Å². The molecule has 4 heteroatoms. The zero-order chi connectivity index (χ0) is 9.97. The van der Waals surface area contributed by atoms with E-state index in [0.29, 0.717) is 6.04 Å². The average molecular weight is 196 g/mol. The summed E-state index contributed by atoms with van der Waals surface area (Å²) in [6.45, 7) is 4.43. The van der Waals surface area contributed by atoms with Crippen molar-refractivity contribution in [3.63, 3.8) is 0 Å². The van der Waals surface area contributed by atoms with Crippen molar-refractivity contribution in [2.45, 2.75) is 31.7 Å². The molecular formula is C10H20N4. The van der Waals surface area contributed by atoms with E-state index in [0.717, 1.165) is 13.1 Å². The molecule has 2 fully saturated rings. The molecule has 0 aliphatic carbocycles. The normalized spacial score (nSPS) is 29.4. The summed E-state index contributed by atoms with van der Waals surface area (Å²) in [5, 5.41) is 7.38. The number of nitrogens with one attached hydrogen (secondary N) is 1. The first-order valence-corrected chi connectivity index (χ1v) is 5.60. The van der Waals surface area contributed by atoms with Crippen LogP contribution in [0.5, 0.6) is 0 Å². The molecule has 14 heavy (non-hydrogen) atoms. The van der Waals surface area contributed by atoms with E-state index >= 15 is 0 Å². The van der Waals surface area contributed by atoms with Gasteiger partial charge in [-0.05, 0) is 32.4 Å². The van der Waals surface area contributed by atoms with Crippen molar-refractivity contribution >= 4 is 5.96 Å². The maximum atomic E-state index is 7.38. The second-order valence-corrected chi connectivity index (χ2v) is 4.37. The van der Waals surface area contributed by atoms with Crippen LogP contribution < -0.4 is 5.73 Å². The van der Waals surface area contributed by atoms with Gasteiger partial charge in [-0.1, -0.05) is 6.42 Å². The lowest BCUT2D eigenvalue weighted by molar-refractivity contribution is 0.169. The first kappa shape index (κ1) is 9.77. The summed E-state index contributed by atoms with van der Waals surface area (Å²) >= 11 is 0. The first-order valence-electron chi connectivity index (χ1n) is 5.60. The van der Waals surface area contributed by atoms with Crippen molar-refractivity contribution in [2.75, 3.05) is 26.2 Å². The van der Waals surface area contributed by atoms with Gasteiger partial charge in [-0.25, -0.2) is 0 Å². The van der Waals surface area contributed by atoms with Gasteiger partial charge in [-0.15, -0.1) is 0 Å². The Labute approximate surface area is 85.6 Å². The molecule has 0 bridgehead atoms. The van der Waals surface area contributed by atoms with Crippen molar-refractivity contribution in [2.24, 2.45) is 5.73 Å². The molecule has 0 radical (unpaired) electrons. The fourth-order valence-electron chi connectivity index (χ4n) is 2.54. The molecule has 3 N–H and O–H groups in total. The van der Waals surface area contributed by atoms with E-state index in [1.165, 1.54) is 38.8 Å². The molecule has 0 saturated carbocycles. The fourth-order valence-corrected chi connectivity index (χ4v) is 2.54. The molecule has 80 valence electrons. The molecule has 2 aliphatic rings. The van der Waals surface area contributed by atoms with Crippen molar-refractivity contribution in [1.29, 1.82) is 5.41 Å². The first-order chi connectivity index (χ1) is 6.77. The van der Waals surface area contributed by atoms with Crippen LogP contribution in [0, 0.1) is 5.41 Å². The van der Waals surface area contributed by atoms with Crippen LogP contribution in [0.3, 0.4) is 0 Å². The third-order valence-corrected chi connectivity index (χ3v) is 3.41. The van der Waals surface area contributed by atoms with Crippen LogP contribution in [0.2, 0.25) is 0 Å². The number of hydrogen-bond acceptors (Lipinski definition) is 2. The minimum atomic E-state index is 0.240. The second kappa shape index (κ2) is 4.17. The molecule has 0 aromatic carbocycles. The van der Waals surface area contributed by atoms with E-state index in [-0.39, 0.29) is 5.96 Å². The third-order valence-electron chi connectivity index (χ3n) is 3.41. The van der Waals surface area contributed by atoms with Crippen molar-refractivity contribution in [3.8, 4) is 0 Å². The zero-order valence-corrected chi connectivity index (χ0v) is 8.71. The van der Waals surface area contributed by atoms with Gasteiger partial charge in [0, 0.05) is 19.1 Å². The van der Waals surface area contributed by atoms with E-state index in [2.05, 4.69) is 4.90 Å². The van der Waals surface area contributed by atoms with Gasteiger partial charge in [0.05, 0.1) is 0 Å². The summed E-state index contributed by atoms with van der Waals surface area (Å²) in [6, 6.07) is 0.652. The molecule has 0 aromatic rings. The number of piperidine rings is 1. The number of guanidine groups is 1. The van der Waals surface area contributed by atoms with Crippen LogP contribution in [0.25, 0.3) is 0 Å². The smallest absolute Gasteiger partial charge is 0.188 e. The zero-order valence-electron chi connectivity index (χ0n) is 8.71. The Bertz CT molecular complexity index is 210. The number of rotatable bonds is 1. The van der Waals surface area contributed by atoms with E-state index in [1.807, 2.05) is 4.90 Å². The molecule has 1 atom stereocenters. The van der Waals surface area contributed by atoms with Gasteiger partial charge >= 0.3 is 0 Å². The molecule has 0 aromatic heterocycles. The van der Waals surface area contributed by atoms with Gasteiger partial charge in [0.25, 0.3) is 0 Å². The SMILES string of the molecule is N=C(N)N1CCC(N2CCCCC2)C1. The standard InChI is InChI=1S/C10H20N4/c11-10(12)14-7-4-9(8-14)13-5-2-1-3-6-13/h9H,1-8H2,(H3,11,12). The summed E-state index contributed by atoms with van der Waals surface area (Å²) < 4.78 is 0. The Morgan fingerprint density at radius 2 is 1.86 bits per heavy atom. The van der Waals surface area contributed by atoms with Gasteiger partial charge in [0.2, 0.25) is 0 Å². The van der Waals surface area contributed by atoms with E-state index in [1.54, 1.807) is 0 Å². The van der Waals surface area contributed by atoms with Gasteiger partial charge in [0.1, 0.15) is 0 Å². The van der Waals surface area contributed by atoms with Crippen LogP contribution in [0.15, 0.2) is 0 Å². The molecule has 2 heterocycles. The lowest BCUT2D eigenvalue weighted by Crippen LogP contribution is -2.42. The molecule has 2 rings (SSSR count). The van der Waals surface area contributed by atoms with Crippen LogP contribution >= 0.6 is 0 Å². The fraction of sp³-hybridized carbons (Fsp3) is 0.900. The molecular weight excluding hydrogens is 176 g/mol. The average Bonchev–Trinajstić information content (AvgIpc) is 2.68. The van der Waals surface area contributed by atoms with Gasteiger partial charge in [0.15, 0.2) is 5.96 Å². The number of nitrogens with two attached hydrogens (primary N) is 1. The van der Waals surface area contributed by atoms with Gasteiger partial charge in [-0.3, -0.25) is 10.3 Å². The monoisotopic (exact) mass is 196 g/mol. The summed E-state index contributed by atoms with van der Waals surface area (Å²) in [5.41, 5.74) is 5.48. The maximum absolute atomic E-state index is 7.38. The molecule has 0 spiro atoms. The van der Waals surface area contributed by atoms with Crippen LogP contribution in [-0.2, 0) is 0 Å². The van der Waals surface area contributed by atoms with E-state index < -0.39 is 0 Å². The summed E-state index contributed by atoms with van der Waals surface area (Å²) in [6.07, 6.45) is 5.26. The minimum Gasteiger partial charge on any atom is -0.370 e. The number of nitrogens with zero attached hydrogens (tertiary/aromatic N) is 2. The Balaban J connectivity index is 1.85. The maximum Gasteiger partial charge on any atom is 0.188 e. The minimum absolute atomic E-state index is 0.240. The predicted octanol–water partition coefficient (Wildman–Crippen LogP) is 0.440. The third kappa shape index (κ3) is 2.00. The number of hydrogen-bond donors (Lipinski definition) is 2. The highest BCUT2D eigenvalue weighted by Gasteiger charge is 2.28. The van der Waals surface area contributed by atoms with E-state index in [4.69, 9.17) is 11.1 Å². The summed E-state index contributed by atoms with van der Waals surface area (Å²) in [4.78, 5) is 4.56. The van der Waals surface area contributed by atoms with Gasteiger partial charge in [-0.2, -0.15) is 0 Å². The highest BCUT2D eigenvalue weighted by atomic mass is 15.3. The van der Waals surface area contributed by atoms with Crippen LogP contribution in [0.1, 0.15) is 25.7 Å². The van der Waals surface area contributed by atoms with Crippen LogP contribution in [-0.4, -0.2) is 48.0 Å². The molecule has 4 nitrogen and oxygen atoms in total. The quantitative estimate of drug-likeness (QED) is 0.472. The summed E-state index contributed by atoms with van der Waals surface area (Å²) in [7, 11) is 0. The lowest BCUT2D eigenvalue weighted by Gasteiger charge is -2.32. The molecule has 1 unspecified atom stereocenters. The topological polar surface area (TPSA) is 56.4 Å². The Kier molecular flexibility index (Phi) is 2.91. The Morgan fingerprint density at radius 3 is 2.43 bits per heavy atom.